The van der Waals surface area contributed by atoms with Crippen molar-refractivity contribution in [3.8, 4) is 11.1 Å². The third-order valence-corrected chi connectivity index (χ3v) is 4.74. The van der Waals surface area contributed by atoms with Gasteiger partial charge in [0.25, 0.3) is 0 Å². The number of carbonyl (C=O) groups excluding carboxylic acids is 1. The van der Waals surface area contributed by atoms with E-state index in [0.29, 0.717) is 12.0 Å². The molecule has 0 heterocycles. The maximum absolute atomic E-state index is 14.1. The molecule has 4 rings (SSSR count). The topological polar surface area (TPSA) is 43.1 Å². The summed E-state index contributed by atoms with van der Waals surface area (Å²) in [5.41, 5.74) is 13.1. The minimum Gasteiger partial charge on any atom is -0.366 e. The average Bonchev–Trinajstić information content (AvgIpc) is 2.82. The van der Waals surface area contributed by atoms with E-state index in [2.05, 4.69) is 0 Å². The van der Waals surface area contributed by atoms with Crippen LogP contribution in [0.4, 0.5) is 4.39 Å². The zero-order chi connectivity index (χ0) is 15.4. The van der Waals surface area contributed by atoms with Crippen molar-refractivity contribution in [1.82, 2.24) is 0 Å². The smallest absolute Gasteiger partial charge is 0.249 e. The van der Waals surface area contributed by atoms with Gasteiger partial charge in [0.2, 0.25) is 5.91 Å². The van der Waals surface area contributed by atoms with Crippen LogP contribution in [0.25, 0.3) is 17.2 Å². The number of allylic oxidation sites excluding steroid dienone is 1. The molecule has 2 aliphatic carbocycles. The van der Waals surface area contributed by atoms with E-state index in [1.54, 1.807) is 12.1 Å². The van der Waals surface area contributed by atoms with Crippen LogP contribution >= 0.6 is 0 Å². The largest absolute Gasteiger partial charge is 0.366 e. The number of benzene rings is 2. The van der Waals surface area contributed by atoms with Gasteiger partial charge in [0, 0.05) is 5.56 Å². The predicted molar refractivity (Wildman–Crippen MR) is 85.1 cm³/mol. The molecular weight excluding hydrogens is 277 g/mol. The molecule has 2 aromatic carbocycles. The van der Waals surface area contributed by atoms with Crippen LogP contribution in [0.3, 0.4) is 0 Å². The fourth-order valence-corrected chi connectivity index (χ4v) is 3.58. The zero-order valence-corrected chi connectivity index (χ0v) is 12.4. The molecule has 2 nitrogen and oxygen atoms in total. The van der Waals surface area contributed by atoms with Crippen molar-refractivity contribution < 1.29 is 9.18 Å². The van der Waals surface area contributed by atoms with E-state index in [1.165, 1.54) is 17.2 Å². The van der Waals surface area contributed by atoms with Gasteiger partial charge in [0.1, 0.15) is 5.82 Å². The second-order valence-corrected chi connectivity index (χ2v) is 6.14. The van der Waals surface area contributed by atoms with Crippen molar-refractivity contribution in [3.63, 3.8) is 0 Å². The number of rotatable bonds is 2. The molecular formula is C19H16FNO. The van der Waals surface area contributed by atoms with E-state index in [4.69, 9.17) is 5.73 Å². The maximum atomic E-state index is 14.1. The summed E-state index contributed by atoms with van der Waals surface area (Å²) in [7, 11) is 0. The highest BCUT2D eigenvalue weighted by atomic mass is 19.1. The average molecular weight is 293 g/mol. The lowest BCUT2D eigenvalue weighted by molar-refractivity contribution is 0.100. The van der Waals surface area contributed by atoms with Crippen molar-refractivity contribution in [1.29, 1.82) is 0 Å². The molecule has 0 aromatic heterocycles. The first kappa shape index (κ1) is 13.3. The monoisotopic (exact) mass is 293 g/mol. The van der Waals surface area contributed by atoms with Crippen LogP contribution in [0, 0.1) is 5.82 Å². The minimum absolute atomic E-state index is 0.178. The van der Waals surface area contributed by atoms with E-state index in [9.17, 15) is 9.18 Å². The van der Waals surface area contributed by atoms with Crippen molar-refractivity contribution in [2.24, 2.45) is 5.73 Å². The summed E-state index contributed by atoms with van der Waals surface area (Å²) in [5, 5.41) is 0. The van der Waals surface area contributed by atoms with E-state index >= 15 is 0 Å². The van der Waals surface area contributed by atoms with E-state index in [-0.39, 0.29) is 5.82 Å². The van der Waals surface area contributed by atoms with Gasteiger partial charge in [0.15, 0.2) is 0 Å². The number of fused-ring (bicyclic) bond motifs is 2. The second kappa shape index (κ2) is 4.54. The predicted octanol–water partition coefficient (Wildman–Crippen LogP) is 3.65. The van der Waals surface area contributed by atoms with Gasteiger partial charge in [-0.1, -0.05) is 23.8 Å². The SMILES string of the molecule is CC1=Cc2c(-c3c(C(N)=O)ccc4c3CC4)ccc(F)c2C1. The lowest BCUT2D eigenvalue weighted by Crippen LogP contribution is -2.18. The highest BCUT2D eigenvalue weighted by molar-refractivity contribution is 6.02. The molecule has 0 saturated heterocycles. The van der Waals surface area contributed by atoms with Crippen molar-refractivity contribution in [2.45, 2.75) is 26.2 Å². The summed E-state index contributed by atoms with van der Waals surface area (Å²) in [5.74, 6) is -0.608. The molecule has 2 N–H and O–H groups in total. The maximum Gasteiger partial charge on any atom is 0.249 e. The molecule has 2 aromatic rings. The van der Waals surface area contributed by atoms with Gasteiger partial charge >= 0.3 is 0 Å². The van der Waals surface area contributed by atoms with Gasteiger partial charge in [-0.05, 0) is 71.7 Å². The summed E-state index contributed by atoms with van der Waals surface area (Å²) in [6.07, 6.45) is 4.63. The molecule has 22 heavy (non-hydrogen) atoms. The van der Waals surface area contributed by atoms with Crippen molar-refractivity contribution in [2.75, 3.05) is 0 Å². The van der Waals surface area contributed by atoms with E-state index in [0.717, 1.165) is 40.7 Å². The molecule has 110 valence electrons. The van der Waals surface area contributed by atoms with Crippen LogP contribution in [0.15, 0.2) is 29.8 Å². The third kappa shape index (κ3) is 1.75. The first-order chi connectivity index (χ1) is 10.6. The molecule has 0 fully saturated rings. The number of primary amides is 1. The Morgan fingerprint density at radius 2 is 1.95 bits per heavy atom. The fourth-order valence-electron chi connectivity index (χ4n) is 3.58. The Bertz CT molecular complexity index is 864. The number of amides is 1. The van der Waals surface area contributed by atoms with Gasteiger partial charge in [-0.25, -0.2) is 4.39 Å². The van der Waals surface area contributed by atoms with Crippen molar-refractivity contribution >= 4 is 12.0 Å². The Hall–Kier alpha value is -2.42. The number of aryl methyl sites for hydroxylation is 1. The number of carbonyl (C=O) groups is 1. The van der Waals surface area contributed by atoms with Gasteiger partial charge < -0.3 is 5.73 Å². The first-order valence-electron chi connectivity index (χ1n) is 7.49. The zero-order valence-electron chi connectivity index (χ0n) is 12.4. The Morgan fingerprint density at radius 3 is 2.64 bits per heavy atom. The standard InChI is InChI=1S/C19H16FNO/c1-10-8-15-13(6-7-17(20)16(15)9-10)18-12-4-2-11(12)3-5-14(18)19(21)22/h3,5-8H,2,4,9H2,1H3,(H2,21,22). The summed E-state index contributed by atoms with van der Waals surface area (Å²) < 4.78 is 14.1. The molecule has 0 atom stereocenters. The van der Waals surface area contributed by atoms with E-state index < -0.39 is 5.91 Å². The minimum atomic E-state index is -0.429. The summed E-state index contributed by atoms with van der Waals surface area (Å²) in [6.45, 7) is 2.00. The van der Waals surface area contributed by atoms with Crippen LogP contribution in [0.2, 0.25) is 0 Å². The molecule has 0 aliphatic heterocycles. The molecule has 1 amide bonds. The quantitative estimate of drug-likeness (QED) is 0.902. The number of hydrogen-bond acceptors (Lipinski definition) is 1. The Balaban J connectivity index is 2.04. The van der Waals surface area contributed by atoms with Crippen LogP contribution in [0.5, 0.6) is 0 Å². The van der Waals surface area contributed by atoms with Gasteiger partial charge in [-0.2, -0.15) is 0 Å². The third-order valence-electron chi connectivity index (χ3n) is 4.74. The van der Waals surface area contributed by atoms with Crippen molar-refractivity contribution in [3.05, 3.63) is 63.5 Å². The molecule has 0 unspecified atom stereocenters. The van der Waals surface area contributed by atoms with Crippen LogP contribution in [0.1, 0.15) is 39.5 Å². The molecule has 0 spiro atoms. The van der Waals surface area contributed by atoms with Crippen LogP contribution in [-0.2, 0) is 19.3 Å². The lowest BCUT2D eigenvalue weighted by Gasteiger charge is -2.25. The highest BCUT2D eigenvalue weighted by Crippen LogP contribution is 2.42. The Labute approximate surface area is 128 Å². The first-order valence-corrected chi connectivity index (χ1v) is 7.49. The molecule has 2 aliphatic rings. The summed E-state index contributed by atoms with van der Waals surface area (Å²) in [4.78, 5) is 11.8. The lowest BCUT2D eigenvalue weighted by atomic mass is 9.78. The summed E-state index contributed by atoms with van der Waals surface area (Å²) in [6, 6.07) is 7.07. The van der Waals surface area contributed by atoms with Crippen LogP contribution in [-0.4, -0.2) is 5.91 Å². The van der Waals surface area contributed by atoms with Gasteiger partial charge in [-0.15, -0.1) is 0 Å². The fraction of sp³-hybridized carbons (Fsp3) is 0.211. The number of hydrogen-bond donors (Lipinski definition) is 1. The summed E-state index contributed by atoms with van der Waals surface area (Å²) >= 11 is 0. The molecule has 0 bridgehead atoms. The number of nitrogens with two attached hydrogens (primary N) is 1. The molecule has 0 radical (unpaired) electrons. The Kier molecular flexibility index (Phi) is 2.73. The highest BCUT2D eigenvalue weighted by Gasteiger charge is 2.27. The number of halogens is 1. The van der Waals surface area contributed by atoms with Crippen LogP contribution < -0.4 is 5.73 Å². The molecule has 0 saturated carbocycles. The van der Waals surface area contributed by atoms with Gasteiger partial charge in [0.05, 0.1) is 0 Å². The Morgan fingerprint density at radius 1 is 1.14 bits per heavy atom. The normalized spacial score (nSPS) is 14.9. The molecule has 3 heteroatoms. The second-order valence-electron chi connectivity index (χ2n) is 6.14. The van der Waals surface area contributed by atoms with Gasteiger partial charge in [-0.3, -0.25) is 4.79 Å². The van der Waals surface area contributed by atoms with E-state index in [1.807, 2.05) is 19.1 Å².